The lowest BCUT2D eigenvalue weighted by Gasteiger charge is -2.11. The first kappa shape index (κ1) is 22.5. The number of rotatable bonds is 11. The highest BCUT2D eigenvalue weighted by molar-refractivity contribution is 5.96. The van der Waals surface area contributed by atoms with Gasteiger partial charge in [-0.05, 0) is 36.2 Å². The summed E-state index contributed by atoms with van der Waals surface area (Å²) in [5.74, 6) is 0.637. The van der Waals surface area contributed by atoms with Crippen molar-refractivity contribution in [3.8, 4) is 11.5 Å². The molecule has 2 aromatic rings. The van der Waals surface area contributed by atoms with Crippen molar-refractivity contribution in [2.24, 2.45) is 5.73 Å². The monoisotopic (exact) mass is 413 g/mol. The number of nitrogens with one attached hydrogen (secondary N) is 4. The number of amidine groups is 1. The smallest absolute Gasteiger partial charge is 0.239 e. The number of benzene rings is 2. The predicted octanol–water partition coefficient (Wildman–Crippen LogP) is 0.875. The highest BCUT2D eigenvalue weighted by Crippen LogP contribution is 2.27. The summed E-state index contributed by atoms with van der Waals surface area (Å²) in [7, 11) is 3.14. The van der Waals surface area contributed by atoms with Crippen LogP contribution in [0, 0.1) is 5.41 Å². The predicted molar refractivity (Wildman–Crippen MR) is 115 cm³/mol. The van der Waals surface area contributed by atoms with Gasteiger partial charge < -0.3 is 31.2 Å². The van der Waals surface area contributed by atoms with E-state index in [1.807, 2.05) is 18.2 Å². The zero-order valence-electron chi connectivity index (χ0n) is 17.1. The molecule has 0 aliphatic heterocycles. The Hall–Kier alpha value is -3.75. The van der Waals surface area contributed by atoms with Crippen LogP contribution in [0.1, 0.15) is 11.1 Å². The minimum atomic E-state index is -0.321. The average Bonchev–Trinajstić information content (AvgIpc) is 2.76. The van der Waals surface area contributed by atoms with Gasteiger partial charge >= 0.3 is 0 Å². The van der Waals surface area contributed by atoms with Crippen molar-refractivity contribution in [1.82, 2.24) is 10.6 Å². The van der Waals surface area contributed by atoms with E-state index >= 15 is 0 Å². The molecule has 160 valence electrons. The number of nitrogens with two attached hydrogens (primary N) is 1. The van der Waals surface area contributed by atoms with Crippen molar-refractivity contribution in [1.29, 1.82) is 5.41 Å². The zero-order valence-corrected chi connectivity index (χ0v) is 17.1. The Morgan fingerprint density at radius 2 is 1.70 bits per heavy atom. The van der Waals surface area contributed by atoms with E-state index in [-0.39, 0.29) is 30.7 Å². The third-order valence-electron chi connectivity index (χ3n) is 4.26. The second-order valence-electron chi connectivity index (χ2n) is 6.41. The normalized spacial score (nSPS) is 10.1. The number of nitrogen functional groups attached to an aromatic ring is 1. The first-order valence-electron chi connectivity index (χ1n) is 9.35. The molecule has 30 heavy (non-hydrogen) atoms. The number of hydrogen-bond donors (Lipinski definition) is 5. The number of amides is 2. The average molecular weight is 413 g/mol. The maximum Gasteiger partial charge on any atom is 0.239 e. The fourth-order valence-corrected chi connectivity index (χ4v) is 2.67. The van der Waals surface area contributed by atoms with Crippen LogP contribution in [0.15, 0.2) is 42.5 Å². The molecule has 0 heterocycles. The third kappa shape index (κ3) is 7.01. The van der Waals surface area contributed by atoms with Crippen LogP contribution in [0.25, 0.3) is 0 Å². The minimum absolute atomic E-state index is 0.000279. The van der Waals surface area contributed by atoms with E-state index in [4.69, 9.17) is 20.6 Å². The van der Waals surface area contributed by atoms with Crippen LogP contribution in [-0.4, -0.2) is 51.5 Å². The molecule has 2 amide bonds. The summed E-state index contributed by atoms with van der Waals surface area (Å²) in [5.41, 5.74) is 7.67. The maximum absolute atomic E-state index is 11.9. The van der Waals surface area contributed by atoms with Crippen molar-refractivity contribution in [3.63, 3.8) is 0 Å². The van der Waals surface area contributed by atoms with Crippen LogP contribution in [0.4, 0.5) is 5.69 Å². The summed E-state index contributed by atoms with van der Waals surface area (Å²) in [6.45, 7) is 0.320. The quantitative estimate of drug-likeness (QED) is 0.274. The molecule has 0 saturated heterocycles. The van der Waals surface area contributed by atoms with Crippen LogP contribution in [0.2, 0.25) is 0 Å². The van der Waals surface area contributed by atoms with Gasteiger partial charge in [-0.2, -0.15) is 0 Å². The van der Waals surface area contributed by atoms with E-state index in [1.54, 1.807) is 38.5 Å². The molecule has 0 fully saturated rings. The molecule has 6 N–H and O–H groups in total. The lowest BCUT2D eigenvalue weighted by atomic mass is 10.1. The highest BCUT2D eigenvalue weighted by atomic mass is 16.5. The van der Waals surface area contributed by atoms with Crippen molar-refractivity contribution >= 4 is 23.3 Å². The Balaban J connectivity index is 1.68. The van der Waals surface area contributed by atoms with Crippen molar-refractivity contribution in [2.45, 2.75) is 6.42 Å². The molecule has 0 aliphatic carbocycles. The maximum atomic E-state index is 11.9. The lowest BCUT2D eigenvalue weighted by molar-refractivity contribution is -0.125. The molecular formula is C21H27N5O4. The topological polar surface area (TPSA) is 139 Å². The van der Waals surface area contributed by atoms with Gasteiger partial charge in [0.2, 0.25) is 11.8 Å². The van der Waals surface area contributed by atoms with Gasteiger partial charge in [0.25, 0.3) is 0 Å². The molecule has 0 unspecified atom stereocenters. The van der Waals surface area contributed by atoms with Crippen LogP contribution in [-0.2, 0) is 16.0 Å². The molecule has 0 aliphatic rings. The molecular weight excluding hydrogens is 386 g/mol. The summed E-state index contributed by atoms with van der Waals surface area (Å²) in [4.78, 5) is 23.8. The lowest BCUT2D eigenvalue weighted by Crippen LogP contribution is -2.39. The number of methoxy groups -OCH3 is 2. The van der Waals surface area contributed by atoms with Gasteiger partial charge in [0.1, 0.15) is 5.84 Å². The SMILES string of the molecule is COc1ccc(CCNC(=O)CNC(=O)CNc2cccc(C(=N)N)c2)cc1OC. The summed E-state index contributed by atoms with van der Waals surface area (Å²) in [6, 6.07) is 12.5. The van der Waals surface area contributed by atoms with Crippen molar-refractivity contribution < 1.29 is 19.1 Å². The second-order valence-corrected chi connectivity index (χ2v) is 6.41. The Bertz CT molecular complexity index is 901. The Kier molecular flexibility index (Phi) is 8.49. The summed E-state index contributed by atoms with van der Waals surface area (Å²) in [6.07, 6.45) is 0.619. The second kappa shape index (κ2) is 11.3. The minimum Gasteiger partial charge on any atom is -0.493 e. The van der Waals surface area contributed by atoms with Crippen LogP contribution in [0.5, 0.6) is 11.5 Å². The number of anilines is 1. The van der Waals surface area contributed by atoms with Crippen LogP contribution in [0.3, 0.4) is 0 Å². The van der Waals surface area contributed by atoms with Gasteiger partial charge in [-0.3, -0.25) is 15.0 Å². The molecule has 9 heteroatoms. The standard InChI is InChI=1S/C21H27N5O4/c1-29-17-7-6-14(10-18(17)30-2)8-9-24-19(27)13-26-20(28)12-25-16-5-3-4-15(11-16)21(22)23/h3-7,10-11,25H,8-9,12-13H2,1-2H3,(H3,22,23)(H,24,27)(H,26,28). The summed E-state index contributed by atoms with van der Waals surface area (Å²) < 4.78 is 10.5. The van der Waals surface area contributed by atoms with Gasteiger partial charge in [0.15, 0.2) is 11.5 Å². The largest absolute Gasteiger partial charge is 0.493 e. The van der Waals surface area contributed by atoms with Gasteiger partial charge in [-0.1, -0.05) is 18.2 Å². The van der Waals surface area contributed by atoms with Crippen LogP contribution < -0.4 is 31.2 Å². The fourth-order valence-electron chi connectivity index (χ4n) is 2.67. The first-order chi connectivity index (χ1) is 14.4. The highest BCUT2D eigenvalue weighted by Gasteiger charge is 2.07. The van der Waals surface area contributed by atoms with Gasteiger partial charge in [0, 0.05) is 17.8 Å². The number of carbonyl (C=O) groups excluding carboxylic acids is 2. The van der Waals surface area contributed by atoms with E-state index in [1.165, 1.54) is 0 Å². The van der Waals surface area contributed by atoms with Crippen LogP contribution >= 0.6 is 0 Å². The molecule has 0 atom stereocenters. The zero-order chi connectivity index (χ0) is 21.9. The molecule has 0 saturated carbocycles. The Morgan fingerprint density at radius 3 is 2.40 bits per heavy atom. The van der Waals surface area contributed by atoms with Crippen molar-refractivity contribution in [3.05, 3.63) is 53.6 Å². The molecule has 0 bridgehead atoms. The van der Waals surface area contributed by atoms with E-state index in [0.717, 1.165) is 5.56 Å². The third-order valence-corrected chi connectivity index (χ3v) is 4.26. The first-order valence-corrected chi connectivity index (χ1v) is 9.35. The molecule has 0 radical (unpaired) electrons. The van der Waals surface area contributed by atoms with E-state index in [2.05, 4.69) is 16.0 Å². The van der Waals surface area contributed by atoms with E-state index in [9.17, 15) is 9.59 Å². The number of ether oxygens (including phenoxy) is 2. The molecule has 0 spiro atoms. The molecule has 9 nitrogen and oxygen atoms in total. The van der Waals surface area contributed by atoms with Crippen molar-refractivity contribution in [2.75, 3.05) is 39.2 Å². The van der Waals surface area contributed by atoms with Gasteiger partial charge in [0.05, 0.1) is 27.3 Å². The molecule has 2 aromatic carbocycles. The number of hydrogen-bond acceptors (Lipinski definition) is 6. The Labute approximate surface area is 175 Å². The number of carbonyl (C=O) groups is 2. The van der Waals surface area contributed by atoms with Gasteiger partial charge in [-0.15, -0.1) is 0 Å². The van der Waals surface area contributed by atoms with E-state index in [0.29, 0.717) is 35.7 Å². The van der Waals surface area contributed by atoms with Gasteiger partial charge in [-0.25, -0.2) is 0 Å². The summed E-state index contributed by atoms with van der Waals surface area (Å²) >= 11 is 0. The summed E-state index contributed by atoms with van der Waals surface area (Å²) in [5, 5.41) is 15.7. The molecule has 0 aromatic heterocycles. The molecule has 2 rings (SSSR count). The Morgan fingerprint density at radius 1 is 0.967 bits per heavy atom. The fraction of sp³-hybridized carbons (Fsp3) is 0.286. The van der Waals surface area contributed by atoms with E-state index < -0.39 is 0 Å².